The van der Waals surface area contributed by atoms with Gasteiger partial charge in [0.1, 0.15) is 11.9 Å². The highest BCUT2D eigenvalue weighted by molar-refractivity contribution is 5.42. The van der Waals surface area contributed by atoms with Crippen LogP contribution >= 0.6 is 0 Å². The summed E-state index contributed by atoms with van der Waals surface area (Å²) in [6.07, 6.45) is 1.83. The van der Waals surface area contributed by atoms with Crippen molar-refractivity contribution in [1.82, 2.24) is 9.88 Å². The van der Waals surface area contributed by atoms with Crippen LogP contribution in [-0.2, 0) is 4.74 Å². The minimum Gasteiger partial charge on any atom is -0.373 e. The van der Waals surface area contributed by atoms with Crippen molar-refractivity contribution in [3.05, 3.63) is 23.9 Å². The molecule has 5 heteroatoms. The van der Waals surface area contributed by atoms with E-state index in [1.807, 2.05) is 20.2 Å². The number of hydrogen-bond donors (Lipinski definition) is 0. The molecule has 18 heavy (non-hydrogen) atoms. The third-order valence-corrected chi connectivity index (χ3v) is 2.91. The molecule has 0 aromatic carbocycles. The van der Waals surface area contributed by atoms with Crippen molar-refractivity contribution >= 4 is 5.82 Å². The van der Waals surface area contributed by atoms with Gasteiger partial charge in [0.05, 0.1) is 18.3 Å². The Hall–Kier alpha value is -1.64. The van der Waals surface area contributed by atoms with E-state index in [0.29, 0.717) is 5.56 Å². The second kappa shape index (κ2) is 5.80. The molecule has 1 aliphatic heterocycles. The lowest BCUT2D eigenvalue weighted by molar-refractivity contribution is 0.0245. The van der Waals surface area contributed by atoms with Crippen molar-refractivity contribution in [3.63, 3.8) is 0 Å². The summed E-state index contributed by atoms with van der Waals surface area (Å²) in [5.41, 5.74) is 0.594. The highest BCUT2D eigenvalue weighted by Gasteiger charge is 2.21. The molecule has 0 spiro atoms. The van der Waals surface area contributed by atoms with Crippen molar-refractivity contribution in [2.24, 2.45) is 0 Å². The fraction of sp³-hybridized carbons (Fsp3) is 0.538. The topological polar surface area (TPSA) is 52.4 Å². The predicted octanol–water partition coefficient (Wildman–Crippen LogP) is 0.720. The maximum absolute atomic E-state index is 8.75. The molecule has 2 heterocycles. The zero-order valence-corrected chi connectivity index (χ0v) is 10.8. The molecule has 1 aromatic rings. The Labute approximate surface area is 108 Å². The van der Waals surface area contributed by atoms with E-state index in [2.05, 4.69) is 20.9 Å². The Morgan fingerprint density at radius 1 is 1.56 bits per heavy atom. The Kier molecular flexibility index (Phi) is 4.13. The first-order chi connectivity index (χ1) is 8.69. The Bertz CT molecular complexity index is 424. The molecule has 1 saturated heterocycles. The molecule has 0 bridgehead atoms. The molecule has 0 N–H and O–H groups in total. The van der Waals surface area contributed by atoms with Crippen LogP contribution in [0.5, 0.6) is 0 Å². The molecule has 0 radical (unpaired) electrons. The number of rotatable bonds is 3. The van der Waals surface area contributed by atoms with Crippen molar-refractivity contribution in [1.29, 1.82) is 5.26 Å². The number of pyridine rings is 1. The summed E-state index contributed by atoms with van der Waals surface area (Å²) in [6.45, 7) is 3.33. The molecular formula is C13H18N4O. The Morgan fingerprint density at radius 3 is 3.00 bits per heavy atom. The maximum atomic E-state index is 8.75. The Morgan fingerprint density at radius 2 is 2.39 bits per heavy atom. The monoisotopic (exact) mass is 246 g/mol. The summed E-state index contributed by atoms with van der Waals surface area (Å²) in [5, 5.41) is 8.75. The summed E-state index contributed by atoms with van der Waals surface area (Å²) >= 11 is 0. The van der Waals surface area contributed by atoms with Crippen LogP contribution in [0.3, 0.4) is 0 Å². The number of morpholine rings is 1. The third kappa shape index (κ3) is 3.19. The maximum Gasteiger partial charge on any atom is 0.128 e. The molecule has 96 valence electrons. The molecule has 0 amide bonds. The molecule has 1 aromatic heterocycles. The van der Waals surface area contributed by atoms with E-state index in [1.165, 1.54) is 0 Å². The largest absolute Gasteiger partial charge is 0.373 e. The minimum atomic E-state index is 0.214. The quantitative estimate of drug-likeness (QED) is 0.786. The van der Waals surface area contributed by atoms with Gasteiger partial charge in [-0.25, -0.2) is 4.98 Å². The van der Waals surface area contributed by atoms with E-state index in [-0.39, 0.29) is 6.10 Å². The van der Waals surface area contributed by atoms with Crippen LogP contribution in [0, 0.1) is 11.3 Å². The summed E-state index contributed by atoms with van der Waals surface area (Å²) in [7, 11) is 4.09. The fourth-order valence-corrected chi connectivity index (χ4v) is 2.08. The van der Waals surface area contributed by atoms with Crippen LogP contribution in [0.1, 0.15) is 5.56 Å². The van der Waals surface area contributed by atoms with Crippen LogP contribution in [0.25, 0.3) is 0 Å². The van der Waals surface area contributed by atoms with Gasteiger partial charge >= 0.3 is 0 Å². The molecule has 1 atom stereocenters. The van der Waals surface area contributed by atoms with Gasteiger partial charge in [-0.1, -0.05) is 0 Å². The van der Waals surface area contributed by atoms with Crippen LogP contribution in [-0.4, -0.2) is 56.3 Å². The minimum absolute atomic E-state index is 0.214. The van der Waals surface area contributed by atoms with Gasteiger partial charge in [-0.15, -0.1) is 0 Å². The molecule has 1 fully saturated rings. The number of aromatic nitrogens is 1. The van der Waals surface area contributed by atoms with Gasteiger partial charge < -0.3 is 14.5 Å². The van der Waals surface area contributed by atoms with Gasteiger partial charge in [-0.2, -0.15) is 5.26 Å². The van der Waals surface area contributed by atoms with E-state index in [9.17, 15) is 0 Å². The zero-order valence-electron chi connectivity index (χ0n) is 10.8. The standard InChI is InChI=1S/C13H18N4O/c1-16(2)9-12-10-17(5-6-18-12)13-4-3-11(7-14)8-15-13/h3-4,8,12H,5-6,9-10H2,1-2H3/t12-/m1/s1. The first-order valence-electron chi connectivity index (χ1n) is 6.06. The number of anilines is 1. The van der Waals surface area contributed by atoms with Crippen LogP contribution in [0.2, 0.25) is 0 Å². The third-order valence-electron chi connectivity index (χ3n) is 2.91. The highest BCUT2D eigenvalue weighted by atomic mass is 16.5. The number of nitrogens with zero attached hydrogens (tertiary/aromatic N) is 4. The molecule has 1 aliphatic rings. The molecule has 0 saturated carbocycles. The van der Waals surface area contributed by atoms with Gasteiger partial charge in [0.2, 0.25) is 0 Å². The number of nitriles is 1. The molecule has 0 aliphatic carbocycles. The lowest BCUT2D eigenvalue weighted by Crippen LogP contribution is -2.46. The lowest BCUT2D eigenvalue weighted by Gasteiger charge is -2.34. The molecule has 0 unspecified atom stereocenters. The normalized spacial score (nSPS) is 19.9. The lowest BCUT2D eigenvalue weighted by atomic mass is 10.2. The van der Waals surface area contributed by atoms with Gasteiger partial charge in [0.25, 0.3) is 0 Å². The second-order valence-corrected chi connectivity index (χ2v) is 4.72. The predicted molar refractivity (Wildman–Crippen MR) is 69.5 cm³/mol. The molecule has 2 rings (SSSR count). The van der Waals surface area contributed by atoms with Crippen molar-refractivity contribution in [2.75, 3.05) is 45.2 Å². The summed E-state index contributed by atoms with van der Waals surface area (Å²) in [6, 6.07) is 5.78. The fourth-order valence-electron chi connectivity index (χ4n) is 2.08. The average Bonchev–Trinajstić information content (AvgIpc) is 2.38. The van der Waals surface area contributed by atoms with E-state index in [0.717, 1.165) is 32.1 Å². The number of ether oxygens (including phenoxy) is 1. The van der Waals surface area contributed by atoms with E-state index in [1.54, 1.807) is 12.3 Å². The second-order valence-electron chi connectivity index (χ2n) is 4.72. The van der Waals surface area contributed by atoms with Crippen molar-refractivity contribution in [3.8, 4) is 6.07 Å². The van der Waals surface area contributed by atoms with Crippen LogP contribution in [0.4, 0.5) is 5.82 Å². The number of likely N-dealkylation sites (N-methyl/N-ethyl adjacent to an activating group) is 1. The van der Waals surface area contributed by atoms with Crippen molar-refractivity contribution < 1.29 is 4.74 Å². The molecule has 5 nitrogen and oxygen atoms in total. The summed E-state index contributed by atoms with van der Waals surface area (Å²) in [4.78, 5) is 8.65. The number of hydrogen-bond acceptors (Lipinski definition) is 5. The summed E-state index contributed by atoms with van der Waals surface area (Å²) < 4.78 is 5.72. The Balaban J connectivity index is 2.01. The SMILES string of the molecule is CN(C)C[C@@H]1CN(c2ccc(C#N)cn2)CCO1. The average molecular weight is 246 g/mol. The van der Waals surface area contributed by atoms with Crippen LogP contribution < -0.4 is 4.90 Å². The first-order valence-corrected chi connectivity index (χ1v) is 6.06. The van der Waals surface area contributed by atoms with Crippen LogP contribution in [0.15, 0.2) is 18.3 Å². The van der Waals surface area contributed by atoms with Gasteiger partial charge in [0.15, 0.2) is 0 Å². The van der Waals surface area contributed by atoms with E-state index < -0.39 is 0 Å². The van der Waals surface area contributed by atoms with Crippen molar-refractivity contribution in [2.45, 2.75) is 6.10 Å². The molecular weight excluding hydrogens is 228 g/mol. The first kappa shape index (κ1) is 12.8. The van der Waals surface area contributed by atoms with E-state index >= 15 is 0 Å². The van der Waals surface area contributed by atoms with E-state index in [4.69, 9.17) is 10.00 Å². The smallest absolute Gasteiger partial charge is 0.128 e. The van der Waals surface area contributed by atoms with Gasteiger partial charge in [0, 0.05) is 25.8 Å². The van der Waals surface area contributed by atoms with Gasteiger partial charge in [-0.05, 0) is 26.2 Å². The zero-order chi connectivity index (χ0) is 13.0. The van der Waals surface area contributed by atoms with Gasteiger partial charge in [-0.3, -0.25) is 0 Å². The summed E-state index contributed by atoms with van der Waals surface area (Å²) in [5.74, 6) is 0.918. The highest BCUT2D eigenvalue weighted by Crippen LogP contribution is 2.15.